The monoisotopic (exact) mass is 315 g/mol. The zero-order valence-corrected chi connectivity index (χ0v) is 12.9. The highest BCUT2D eigenvalue weighted by Gasteiger charge is 2.29. The van der Waals surface area contributed by atoms with Gasteiger partial charge in [0.15, 0.2) is 0 Å². The molecule has 0 atom stereocenters. The standard InChI is InChI=1S/C13H18ClN3O2S/c1-2-3-4-5-6-13-16-20(18,19)12-9-10(14)7-8-11(12)17(13)15/h7-9H,2-6,15H2,1H3. The highest BCUT2D eigenvalue weighted by molar-refractivity contribution is 7.90. The van der Waals surface area contributed by atoms with Gasteiger partial charge in [0.2, 0.25) is 0 Å². The summed E-state index contributed by atoms with van der Waals surface area (Å²) in [7, 11) is -3.71. The minimum Gasteiger partial charge on any atom is -0.264 e. The number of amidine groups is 1. The highest BCUT2D eigenvalue weighted by Crippen LogP contribution is 2.32. The van der Waals surface area contributed by atoms with Crippen molar-refractivity contribution < 1.29 is 8.42 Å². The van der Waals surface area contributed by atoms with Gasteiger partial charge in [-0.3, -0.25) is 5.01 Å². The summed E-state index contributed by atoms with van der Waals surface area (Å²) in [5.41, 5.74) is 0.426. The largest absolute Gasteiger partial charge is 0.286 e. The lowest BCUT2D eigenvalue weighted by Crippen LogP contribution is -2.41. The second-order valence-electron chi connectivity index (χ2n) is 4.78. The molecule has 0 saturated carbocycles. The van der Waals surface area contributed by atoms with Crippen molar-refractivity contribution in [2.45, 2.75) is 43.9 Å². The van der Waals surface area contributed by atoms with E-state index in [4.69, 9.17) is 17.4 Å². The maximum Gasteiger partial charge on any atom is 0.286 e. The van der Waals surface area contributed by atoms with E-state index in [1.54, 1.807) is 12.1 Å². The second kappa shape index (κ2) is 6.11. The molecule has 0 fully saturated rings. The molecule has 0 bridgehead atoms. The summed E-state index contributed by atoms with van der Waals surface area (Å²) in [5.74, 6) is 6.36. The number of sulfonamides is 1. The SMILES string of the molecule is CCCCCCC1=NS(=O)(=O)c2cc(Cl)ccc2N1N. The van der Waals surface area contributed by atoms with Gasteiger partial charge in [0.25, 0.3) is 10.0 Å². The van der Waals surface area contributed by atoms with E-state index < -0.39 is 10.0 Å². The Morgan fingerprint density at radius 3 is 2.75 bits per heavy atom. The van der Waals surface area contributed by atoms with Crippen molar-refractivity contribution in [3.63, 3.8) is 0 Å². The van der Waals surface area contributed by atoms with Crippen LogP contribution in [0.5, 0.6) is 0 Å². The lowest BCUT2D eigenvalue weighted by atomic mass is 10.1. The van der Waals surface area contributed by atoms with Crippen LogP contribution >= 0.6 is 11.6 Å². The van der Waals surface area contributed by atoms with Crippen molar-refractivity contribution in [1.29, 1.82) is 0 Å². The summed E-state index contributed by atoms with van der Waals surface area (Å²) in [6.07, 6.45) is 4.71. The average Bonchev–Trinajstić information content (AvgIpc) is 2.40. The fourth-order valence-electron chi connectivity index (χ4n) is 2.14. The number of hydrogen-bond acceptors (Lipinski definition) is 4. The van der Waals surface area contributed by atoms with Crippen LogP contribution in [0.25, 0.3) is 0 Å². The smallest absolute Gasteiger partial charge is 0.264 e. The molecule has 110 valence electrons. The Morgan fingerprint density at radius 2 is 2.05 bits per heavy atom. The molecular formula is C13H18ClN3O2S. The fraction of sp³-hybridized carbons (Fsp3) is 0.462. The molecule has 5 nitrogen and oxygen atoms in total. The molecule has 0 saturated heterocycles. The number of hydrazine groups is 1. The predicted molar refractivity (Wildman–Crippen MR) is 81.5 cm³/mol. The summed E-state index contributed by atoms with van der Waals surface area (Å²) in [4.78, 5) is 0.0600. The van der Waals surface area contributed by atoms with E-state index in [2.05, 4.69) is 11.3 Å². The molecule has 0 amide bonds. The minimum absolute atomic E-state index is 0.0600. The van der Waals surface area contributed by atoms with E-state index in [1.165, 1.54) is 11.1 Å². The van der Waals surface area contributed by atoms with Crippen molar-refractivity contribution in [3.05, 3.63) is 23.2 Å². The molecular weight excluding hydrogens is 298 g/mol. The number of hydrogen-bond donors (Lipinski definition) is 1. The first-order chi connectivity index (χ1) is 9.45. The molecule has 1 aliphatic rings. The summed E-state index contributed by atoms with van der Waals surface area (Å²) >= 11 is 5.83. The number of rotatable bonds is 5. The van der Waals surface area contributed by atoms with Crippen molar-refractivity contribution in [2.75, 3.05) is 5.01 Å². The van der Waals surface area contributed by atoms with Crippen molar-refractivity contribution >= 4 is 33.1 Å². The van der Waals surface area contributed by atoms with E-state index in [0.717, 1.165) is 25.7 Å². The molecule has 1 aromatic rings. The van der Waals surface area contributed by atoms with Gasteiger partial charge in [-0.15, -0.1) is 4.40 Å². The van der Waals surface area contributed by atoms with Gasteiger partial charge in [-0.25, -0.2) is 5.84 Å². The first-order valence-corrected chi connectivity index (χ1v) is 8.45. The normalized spacial score (nSPS) is 16.8. The zero-order chi connectivity index (χ0) is 14.8. The van der Waals surface area contributed by atoms with E-state index in [9.17, 15) is 8.42 Å². The van der Waals surface area contributed by atoms with E-state index in [1.807, 2.05) is 0 Å². The Hall–Kier alpha value is -1.11. The van der Waals surface area contributed by atoms with Gasteiger partial charge in [-0.1, -0.05) is 37.8 Å². The molecule has 20 heavy (non-hydrogen) atoms. The number of benzene rings is 1. The van der Waals surface area contributed by atoms with Gasteiger partial charge in [-0.2, -0.15) is 8.42 Å². The van der Waals surface area contributed by atoms with Crippen LogP contribution in [-0.2, 0) is 10.0 Å². The van der Waals surface area contributed by atoms with Gasteiger partial charge in [0.05, 0.1) is 5.69 Å². The van der Waals surface area contributed by atoms with Crippen LogP contribution in [0.1, 0.15) is 39.0 Å². The topological polar surface area (TPSA) is 75.8 Å². The first kappa shape index (κ1) is 15.3. The molecule has 1 aliphatic heterocycles. The number of anilines is 1. The summed E-state index contributed by atoms with van der Waals surface area (Å²) in [5, 5.41) is 1.70. The summed E-state index contributed by atoms with van der Waals surface area (Å²) in [6.45, 7) is 2.12. The lowest BCUT2D eigenvalue weighted by molar-refractivity contribution is 0.596. The molecule has 1 aromatic carbocycles. The molecule has 0 aromatic heterocycles. The summed E-state index contributed by atoms with van der Waals surface area (Å²) < 4.78 is 28.1. The molecule has 0 spiro atoms. The Kier molecular flexibility index (Phi) is 4.67. The number of fused-ring (bicyclic) bond motifs is 1. The number of unbranched alkanes of at least 4 members (excludes halogenated alkanes) is 3. The quantitative estimate of drug-likeness (QED) is 0.669. The molecule has 0 unspecified atom stereocenters. The maximum absolute atomic E-state index is 12.1. The van der Waals surface area contributed by atoms with Gasteiger partial charge in [0.1, 0.15) is 10.7 Å². The predicted octanol–water partition coefficient (Wildman–Crippen LogP) is 3.09. The van der Waals surface area contributed by atoms with Crippen LogP contribution in [0.3, 0.4) is 0 Å². The maximum atomic E-state index is 12.1. The third kappa shape index (κ3) is 3.13. The van der Waals surface area contributed by atoms with Crippen molar-refractivity contribution in [2.24, 2.45) is 10.2 Å². The Labute approximate surface area is 124 Å². The van der Waals surface area contributed by atoms with Crippen molar-refractivity contribution in [3.8, 4) is 0 Å². The van der Waals surface area contributed by atoms with Gasteiger partial charge in [-0.05, 0) is 24.6 Å². The van der Waals surface area contributed by atoms with Gasteiger partial charge < -0.3 is 0 Å². The van der Waals surface area contributed by atoms with Crippen LogP contribution in [0.2, 0.25) is 5.02 Å². The third-order valence-corrected chi connectivity index (χ3v) is 4.79. The van der Waals surface area contributed by atoms with Crippen LogP contribution in [0.15, 0.2) is 27.5 Å². The number of nitrogens with two attached hydrogens (primary N) is 1. The number of nitrogens with zero attached hydrogens (tertiary/aromatic N) is 2. The zero-order valence-electron chi connectivity index (χ0n) is 11.3. The van der Waals surface area contributed by atoms with Crippen molar-refractivity contribution in [1.82, 2.24) is 0 Å². The van der Waals surface area contributed by atoms with Crippen LogP contribution in [0, 0.1) is 0 Å². The number of halogens is 1. The van der Waals surface area contributed by atoms with Gasteiger partial charge in [0, 0.05) is 11.4 Å². The van der Waals surface area contributed by atoms with E-state index in [0.29, 0.717) is 23.0 Å². The van der Waals surface area contributed by atoms with E-state index in [-0.39, 0.29) is 4.90 Å². The molecule has 7 heteroatoms. The Bertz CT molecular complexity index is 629. The first-order valence-electron chi connectivity index (χ1n) is 6.64. The third-order valence-electron chi connectivity index (χ3n) is 3.22. The van der Waals surface area contributed by atoms with Crippen LogP contribution in [-0.4, -0.2) is 14.3 Å². The van der Waals surface area contributed by atoms with Crippen LogP contribution < -0.4 is 10.9 Å². The molecule has 0 radical (unpaired) electrons. The van der Waals surface area contributed by atoms with Gasteiger partial charge >= 0.3 is 0 Å². The highest BCUT2D eigenvalue weighted by atomic mass is 35.5. The summed E-state index contributed by atoms with van der Waals surface area (Å²) in [6, 6.07) is 4.61. The molecule has 2 rings (SSSR count). The lowest BCUT2D eigenvalue weighted by Gasteiger charge is -2.26. The van der Waals surface area contributed by atoms with E-state index >= 15 is 0 Å². The Balaban J connectivity index is 2.26. The Morgan fingerprint density at radius 1 is 1.30 bits per heavy atom. The molecule has 1 heterocycles. The average molecular weight is 316 g/mol. The molecule has 2 N–H and O–H groups in total. The molecule has 0 aliphatic carbocycles. The minimum atomic E-state index is -3.71. The fourth-order valence-corrected chi connectivity index (χ4v) is 3.64. The second-order valence-corrected chi connectivity index (χ2v) is 6.78. The van der Waals surface area contributed by atoms with Crippen LogP contribution in [0.4, 0.5) is 5.69 Å².